The maximum Gasteiger partial charge on any atom is 0.0337 e. The van der Waals surface area contributed by atoms with Gasteiger partial charge in [-0.25, -0.2) is 0 Å². The molecule has 1 saturated carbocycles. The third kappa shape index (κ3) is 1.79. The second-order valence-electron chi connectivity index (χ2n) is 3.83. The van der Waals surface area contributed by atoms with Gasteiger partial charge < -0.3 is 5.73 Å². The number of hydrogen-bond acceptors (Lipinski definition) is 1. The summed E-state index contributed by atoms with van der Waals surface area (Å²) < 4.78 is 1.16. The number of hydrogen-bond donors (Lipinski definition) is 1. The lowest BCUT2D eigenvalue weighted by Crippen LogP contribution is -2.14. The number of aryl methyl sites for hydroxylation is 1. The van der Waals surface area contributed by atoms with E-state index in [1.165, 1.54) is 24.0 Å². The monoisotopic (exact) mass is 239 g/mol. The van der Waals surface area contributed by atoms with Crippen LogP contribution in [-0.4, -0.2) is 0 Å². The quantitative estimate of drug-likeness (QED) is 0.844. The van der Waals surface area contributed by atoms with Crippen LogP contribution in [0.1, 0.15) is 30.0 Å². The van der Waals surface area contributed by atoms with Gasteiger partial charge in [0.2, 0.25) is 0 Å². The zero-order valence-corrected chi connectivity index (χ0v) is 9.34. The molecule has 13 heavy (non-hydrogen) atoms. The topological polar surface area (TPSA) is 26.0 Å². The third-order valence-electron chi connectivity index (χ3n) is 2.73. The first-order chi connectivity index (χ1) is 6.20. The van der Waals surface area contributed by atoms with Crippen molar-refractivity contribution in [3.05, 3.63) is 33.8 Å². The van der Waals surface area contributed by atoms with E-state index in [9.17, 15) is 0 Å². The smallest absolute Gasteiger partial charge is 0.0337 e. The minimum absolute atomic E-state index is 0.232. The second-order valence-corrected chi connectivity index (χ2v) is 4.69. The molecular weight excluding hydrogens is 226 g/mol. The molecule has 0 radical (unpaired) electrons. The van der Waals surface area contributed by atoms with Gasteiger partial charge in [0.15, 0.2) is 0 Å². The van der Waals surface area contributed by atoms with E-state index in [0.29, 0.717) is 0 Å². The molecule has 1 aromatic rings. The van der Waals surface area contributed by atoms with Crippen LogP contribution in [0.15, 0.2) is 22.7 Å². The van der Waals surface area contributed by atoms with Gasteiger partial charge in [-0.15, -0.1) is 0 Å². The average molecular weight is 240 g/mol. The summed E-state index contributed by atoms with van der Waals surface area (Å²) in [5, 5.41) is 0. The molecule has 0 saturated heterocycles. The number of halogens is 1. The maximum absolute atomic E-state index is 6.17. The van der Waals surface area contributed by atoms with E-state index < -0.39 is 0 Å². The highest BCUT2D eigenvalue weighted by molar-refractivity contribution is 9.10. The van der Waals surface area contributed by atoms with Crippen molar-refractivity contribution in [2.45, 2.75) is 25.8 Å². The molecule has 1 unspecified atom stereocenters. The van der Waals surface area contributed by atoms with Gasteiger partial charge in [0.05, 0.1) is 0 Å². The van der Waals surface area contributed by atoms with Gasteiger partial charge in [0.25, 0.3) is 0 Å². The van der Waals surface area contributed by atoms with Crippen molar-refractivity contribution >= 4 is 15.9 Å². The molecule has 1 nitrogen and oxygen atoms in total. The normalized spacial score (nSPS) is 18.7. The molecule has 1 aliphatic rings. The highest BCUT2D eigenvalue weighted by Gasteiger charge is 2.31. The van der Waals surface area contributed by atoms with Crippen LogP contribution >= 0.6 is 15.9 Å². The van der Waals surface area contributed by atoms with Crippen molar-refractivity contribution in [1.29, 1.82) is 0 Å². The molecule has 1 aliphatic carbocycles. The van der Waals surface area contributed by atoms with E-state index in [0.717, 1.165) is 10.4 Å². The molecule has 1 atom stereocenters. The van der Waals surface area contributed by atoms with Gasteiger partial charge in [-0.2, -0.15) is 0 Å². The van der Waals surface area contributed by atoms with Crippen LogP contribution in [0.5, 0.6) is 0 Å². The van der Waals surface area contributed by atoms with Crippen molar-refractivity contribution in [2.75, 3.05) is 0 Å². The number of rotatable bonds is 2. The molecule has 0 bridgehead atoms. The van der Waals surface area contributed by atoms with Crippen molar-refractivity contribution < 1.29 is 0 Å². The van der Waals surface area contributed by atoms with Crippen LogP contribution in [-0.2, 0) is 0 Å². The molecule has 2 rings (SSSR count). The Morgan fingerprint density at radius 3 is 2.69 bits per heavy atom. The van der Waals surface area contributed by atoms with Crippen molar-refractivity contribution in [3.63, 3.8) is 0 Å². The highest BCUT2D eigenvalue weighted by Crippen LogP contribution is 2.42. The van der Waals surface area contributed by atoms with Crippen LogP contribution in [0, 0.1) is 12.8 Å². The van der Waals surface area contributed by atoms with Gasteiger partial charge in [-0.3, -0.25) is 0 Å². The predicted molar refractivity (Wildman–Crippen MR) is 58.5 cm³/mol. The Morgan fingerprint density at radius 1 is 1.46 bits per heavy atom. The zero-order valence-electron chi connectivity index (χ0n) is 7.76. The first kappa shape index (κ1) is 9.22. The molecule has 2 N–H and O–H groups in total. The van der Waals surface area contributed by atoms with E-state index in [1.54, 1.807) is 0 Å². The standard InChI is InChI=1S/C11H14BrN/c1-7-3-2-4-9(12)10(7)11(13)8-5-6-8/h2-4,8,11H,5-6,13H2,1H3. The zero-order chi connectivity index (χ0) is 9.42. The minimum atomic E-state index is 0.232. The Kier molecular flexibility index (Phi) is 2.43. The largest absolute Gasteiger partial charge is 0.324 e. The van der Waals surface area contributed by atoms with Gasteiger partial charge >= 0.3 is 0 Å². The summed E-state index contributed by atoms with van der Waals surface area (Å²) in [6.45, 7) is 2.13. The van der Waals surface area contributed by atoms with E-state index in [2.05, 4.69) is 41.1 Å². The lowest BCUT2D eigenvalue weighted by atomic mass is 9.99. The molecule has 70 valence electrons. The number of benzene rings is 1. The predicted octanol–water partition coefficient (Wildman–Crippen LogP) is 3.17. The molecule has 1 aromatic carbocycles. The van der Waals surface area contributed by atoms with Crippen LogP contribution in [0.4, 0.5) is 0 Å². The molecule has 0 spiro atoms. The first-order valence-electron chi connectivity index (χ1n) is 4.70. The lowest BCUT2D eigenvalue weighted by molar-refractivity contribution is 0.627. The summed E-state index contributed by atoms with van der Waals surface area (Å²) in [6.07, 6.45) is 2.59. The van der Waals surface area contributed by atoms with Crippen molar-refractivity contribution in [3.8, 4) is 0 Å². The fourth-order valence-corrected chi connectivity index (χ4v) is 2.49. The van der Waals surface area contributed by atoms with Gasteiger partial charge in [0.1, 0.15) is 0 Å². The van der Waals surface area contributed by atoms with Crippen molar-refractivity contribution in [2.24, 2.45) is 11.7 Å². The van der Waals surface area contributed by atoms with Crippen LogP contribution in [0.3, 0.4) is 0 Å². The summed E-state index contributed by atoms with van der Waals surface area (Å²) in [7, 11) is 0. The Morgan fingerprint density at radius 2 is 2.15 bits per heavy atom. The second kappa shape index (κ2) is 3.43. The lowest BCUT2D eigenvalue weighted by Gasteiger charge is -2.15. The fraction of sp³-hybridized carbons (Fsp3) is 0.455. The summed E-state index contributed by atoms with van der Waals surface area (Å²) in [4.78, 5) is 0. The fourth-order valence-electron chi connectivity index (χ4n) is 1.76. The first-order valence-corrected chi connectivity index (χ1v) is 5.50. The van der Waals surface area contributed by atoms with Crippen LogP contribution < -0.4 is 5.73 Å². The van der Waals surface area contributed by atoms with Crippen molar-refractivity contribution in [1.82, 2.24) is 0 Å². The van der Waals surface area contributed by atoms with Gasteiger partial charge in [-0.05, 0) is 42.9 Å². The SMILES string of the molecule is Cc1cccc(Br)c1C(N)C1CC1. The van der Waals surface area contributed by atoms with E-state index in [-0.39, 0.29) is 6.04 Å². The summed E-state index contributed by atoms with van der Waals surface area (Å²) in [6, 6.07) is 6.49. The Bertz CT molecular complexity index is 298. The minimum Gasteiger partial charge on any atom is -0.324 e. The Balaban J connectivity index is 2.36. The van der Waals surface area contributed by atoms with Crippen LogP contribution in [0.25, 0.3) is 0 Å². The maximum atomic E-state index is 6.17. The summed E-state index contributed by atoms with van der Waals surface area (Å²) >= 11 is 3.56. The third-order valence-corrected chi connectivity index (χ3v) is 3.43. The Labute approximate surface area is 87.5 Å². The number of nitrogens with two attached hydrogens (primary N) is 1. The van der Waals surface area contributed by atoms with E-state index in [1.807, 2.05) is 0 Å². The average Bonchev–Trinajstić information content (AvgIpc) is 2.85. The van der Waals surface area contributed by atoms with Gasteiger partial charge in [-0.1, -0.05) is 28.1 Å². The molecule has 2 heteroatoms. The summed E-state index contributed by atoms with van der Waals surface area (Å²) in [5.74, 6) is 0.720. The summed E-state index contributed by atoms with van der Waals surface area (Å²) in [5.41, 5.74) is 8.77. The van der Waals surface area contributed by atoms with E-state index in [4.69, 9.17) is 5.73 Å². The van der Waals surface area contributed by atoms with Crippen LogP contribution in [0.2, 0.25) is 0 Å². The molecule has 0 aromatic heterocycles. The molecule has 0 amide bonds. The highest BCUT2D eigenvalue weighted by atomic mass is 79.9. The van der Waals surface area contributed by atoms with E-state index >= 15 is 0 Å². The molecule has 0 aliphatic heterocycles. The molecule has 1 fully saturated rings. The molecular formula is C11H14BrN. The van der Waals surface area contributed by atoms with Gasteiger partial charge in [0, 0.05) is 10.5 Å². The molecule has 0 heterocycles. The Hall–Kier alpha value is -0.340.